The van der Waals surface area contributed by atoms with E-state index in [9.17, 15) is 19.5 Å². The van der Waals surface area contributed by atoms with E-state index in [4.69, 9.17) is 0 Å². The van der Waals surface area contributed by atoms with Crippen LogP contribution in [0.5, 0.6) is 0 Å². The lowest BCUT2D eigenvalue weighted by Gasteiger charge is -2.29. The summed E-state index contributed by atoms with van der Waals surface area (Å²) in [4.78, 5) is 34.3. The van der Waals surface area contributed by atoms with Gasteiger partial charge in [0.2, 0.25) is 11.8 Å². The molecule has 0 aromatic rings. The Kier molecular flexibility index (Phi) is 7.91. The molecule has 0 aromatic heterocycles. The van der Waals surface area contributed by atoms with E-state index < -0.39 is 11.5 Å². The molecule has 6 nitrogen and oxygen atoms in total. The fourth-order valence-electron chi connectivity index (χ4n) is 2.91. The topological polar surface area (TPSA) is 95.5 Å². The molecule has 0 unspecified atom stereocenters. The molecule has 0 radical (unpaired) electrons. The predicted molar refractivity (Wildman–Crippen MR) is 83.4 cm³/mol. The number of carbonyl (C=O) groups is 3. The van der Waals surface area contributed by atoms with Gasteiger partial charge in [-0.25, -0.2) is 4.79 Å². The summed E-state index contributed by atoms with van der Waals surface area (Å²) in [6.45, 7) is 2.10. The van der Waals surface area contributed by atoms with Gasteiger partial charge in [0.15, 0.2) is 0 Å². The minimum Gasteiger partial charge on any atom is -0.480 e. The molecular weight excluding hydrogens is 284 g/mol. The molecule has 6 heteroatoms. The third-order valence-electron chi connectivity index (χ3n) is 4.20. The van der Waals surface area contributed by atoms with Gasteiger partial charge in [0.05, 0.1) is 0 Å². The Morgan fingerprint density at radius 3 is 2.18 bits per heavy atom. The molecular formula is C16H28N2O4. The Labute approximate surface area is 132 Å². The second-order valence-corrected chi connectivity index (χ2v) is 6.14. The highest BCUT2D eigenvalue weighted by Crippen LogP contribution is 2.27. The van der Waals surface area contributed by atoms with E-state index in [0.717, 1.165) is 38.5 Å². The maximum absolute atomic E-state index is 12.0. The molecule has 2 amide bonds. The highest BCUT2D eigenvalue weighted by atomic mass is 16.4. The maximum atomic E-state index is 12.0. The number of hydrogen-bond acceptors (Lipinski definition) is 3. The smallest absolute Gasteiger partial charge is 0.329 e. The normalized spacial score (nSPS) is 17.3. The number of carboxylic acids is 1. The van der Waals surface area contributed by atoms with Gasteiger partial charge in [0.1, 0.15) is 5.54 Å². The lowest BCUT2D eigenvalue weighted by atomic mass is 9.90. The van der Waals surface area contributed by atoms with Gasteiger partial charge in [-0.3, -0.25) is 9.59 Å². The number of aliphatic carboxylic acids is 1. The third kappa shape index (κ3) is 6.45. The quantitative estimate of drug-likeness (QED) is 0.472. The Balaban J connectivity index is 2.31. The third-order valence-corrected chi connectivity index (χ3v) is 4.20. The van der Waals surface area contributed by atoms with Crippen molar-refractivity contribution in [2.24, 2.45) is 0 Å². The number of carbonyl (C=O) groups excluding carboxylic acids is 2. The first-order valence-corrected chi connectivity index (χ1v) is 8.25. The molecule has 1 saturated carbocycles. The molecule has 0 atom stereocenters. The summed E-state index contributed by atoms with van der Waals surface area (Å²) in [5.41, 5.74) is -1.07. The first kappa shape index (κ1) is 18.5. The number of carboxylic acid groups (broad SMARTS) is 1. The highest BCUT2D eigenvalue weighted by molar-refractivity contribution is 5.87. The minimum atomic E-state index is -1.07. The fraction of sp³-hybridized carbons (Fsp3) is 0.812. The zero-order valence-corrected chi connectivity index (χ0v) is 13.5. The monoisotopic (exact) mass is 312 g/mol. The number of amides is 2. The summed E-state index contributed by atoms with van der Waals surface area (Å²) in [7, 11) is 0. The number of nitrogens with one attached hydrogen (secondary N) is 2. The van der Waals surface area contributed by atoms with Gasteiger partial charge in [-0.05, 0) is 25.7 Å². The Bertz CT molecular complexity index is 388. The van der Waals surface area contributed by atoms with E-state index in [-0.39, 0.29) is 11.8 Å². The molecule has 0 spiro atoms. The van der Waals surface area contributed by atoms with E-state index in [2.05, 4.69) is 10.6 Å². The van der Waals surface area contributed by atoms with Gasteiger partial charge >= 0.3 is 5.97 Å². The van der Waals surface area contributed by atoms with Gasteiger partial charge in [0, 0.05) is 19.9 Å². The van der Waals surface area contributed by atoms with Crippen molar-refractivity contribution in [3.05, 3.63) is 0 Å². The molecule has 126 valence electrons. The Morgan fingerprint density at radius 2 is 1.64 bits per heavy atom. The van der Waals surface area contributed by atoms with Crippen LogP contribution in [0.3, 0.4) is 0 Å². The second kappa shape index (κ2) is 9.43. The Hall–Kier alpha value is -1.59. The first-order chi connectivity index (χ1) is 10.5. The van der Waals surface area contributed by atoms with Crippen LogP contribution >= 0.6 is 0 Å². The standard InChI is InChI=1S/C16H28N2O4/c1-13(19)17-12-8-4-5-9-14(20)18-16(15(21)22)10-6-2-3-7-11-16/h2-12H2,1H3,(H,17,19)(H,18,20)(H,21,22). The van der Waals surface area contributed by atoms with Crippen LogP contribution in [-0.2, 0) is 14.4 Å². The van der Waals surface area contributed by atoms with E-state index in [1.807, 2.05) is 0 Å². The minimum absolute atomic E-state index is 0.0468. The molecule has 1 aliphatic carbocycles. The van der Waals surface area contributed by atoms with Crippen LogP contribution in [0.4, 0.5) is 0 Å². The predicted octanol–water partition coefficient (Wildman–Crippen LogP) is 1.98. The van der Waals surface area contributed by atoms with Crippen LogP contribution in [0.25, 0.3) is 0 Å². The zero-order valence-electron chi connectivity index (χ0n) is 13.5. The van der Waals surface area contributed by atoms with Crippen LogP contribution in [0.2, 0.25) is 0 Å². The van der Waals surface area contributed by atoms with E-state index >= 15 is 0 Å². The maximum Gasteiger partial charge on any atom is 0.329 e. The average Bonchev–Trinajstić information content (AvgIpc) is 2.69. The van der Waals surface area contributed by atoms with Gasteiger partial charge in [-0.1, -0.05) is 32.1 Å². The van der Waals surface area contributed by atoms with Crippen molar-refractivity contribution in [3.63, 3.8) is 0 Å². The van der Waals surface area contributed by atoms with Gasteiger partial charge in [0.25, 0.3) is 0 Å². The van der Waals surface area contributed by atoms with E-state index in [0.29, 0.717) is 32.2 Å². The molecule has 22 heavy (non-hydrogen) atoms. The summed E-state index contributed by atoms with van der Waals surface area (Å²) < 4.78 is 0. The molecule has 0 aliphatic heterocycles. The van der Waals surface area contributed by atoms with Gasteiger partial charge < -0.3 is 15.7 Å². The van der Waals surface area contributed by atoms with Crippen molar-refractivity contribution in [1.82, 2.24) is 10.6 Å². The van der Waals surface area contributed by atoms with E-state index in [1.165, 1.54) is 6.92 Å². The number of unbranched alkanes of at least 4 members (excludes halogenated alkanes) is 2. The fourth-order valence-corrected chi connectivity index (χ4v) is 2.91. The number of hydrogen-bond donors (Lipinski definition) is 3. The van der Waals surface area contributed by atoms with Crippen molar-refractivity contribution in [3.8, 4) is 0 Å². The molecule has 0 bridgehead atoms. The van der Waals surface area contributed by atoms with Crippen molar-refractivity contribution >= 4 is 17.8 Å². The van der Waals surface area contributed by atoms with Crippen molar-refractivity contribution in [2.45, 2.75) is 76.7 Å². The summed E-state index contributed by atoms with van der Waals surface area (Å²) in [6.07, 6.45) is 7.54. The second-order valence-electron chi connectivity index (χ2n) is 6.14. The summed E-state index contributed by atoms with van der Waals surface area (Å²) >= 11 is 0. The van der Waals surface area contributed by atoms with Crippen LogP contribution in [0, 0.1) is 0 Å². The van der Waals surface area contributed by atoms with Crippen molar-refractivity contribution in [1.29, 1.82) is 0 Å². The highest BCUT2D eigenvalue weighted by Gasteiger charge is 2.39. The van der Waals surface area contributed by atoms with Crippen LogP contribution < -0.4 is 10.6 Å². The lowest BCUT2D eigenvalue weighted by Crippen LogP contribution is -2.54. The van der Waals surface area contributed by atoms with E-state index in [1.54, 1.807) is 0 Å². The summed E-state index contributed by atoms with van der Waals surface area (Å²) in [6, 6.07) is 0. The number of rotatable bonds is 8. The zero-order chi connectivity index (χ0) is 16.4. The molecule has 0 aromatic carbocycles. The molecule has 3 N–H and O–H groups in total. The lowest BCUT2D eigenvalue weighted by molar-refractivity contribution is -0.148. The van der Waals surface area contributed by atoms with Crippen molar-refractivity contribution in [2.75, 3.05) is 6.54 Å². The molecule has 1 aliphatic rings. The first-order valence-electron chi connectivity index (χ1n) is 8.25. The molecule has 0 saturated heterocycles. The molecule has 1 rings (SSSR count). The molecule has 0 heterocycles. The largest absolute Gasteiger partial charge is 0.480 e. The van der Waals surface area contributed by atoms with Crippen LogP contribution in [-0.4, -0.2) is 35.0 Å². The van der Waals surface area contributed by atoms with Crippen LogP contribution in [0.15, 0.2) is 0 Å². The Morgan fingerprint density at radius 1 is 1.00 bits per heavy atom. The molecule has 1 fully saturated rings. The summed E-state index contributed by atoms with van der Waals surface area (Å²) in [5.74, 6) is -1.13. The van der Waals surface area contributed by atoms with Gasteiger partial charge in [-0.2, -0.15) is 0 Å². The van der Waals surface area contributed by atoms with Crippen molar-refractivity contribution < 1.29 is 19.5 Å². The average molecular weight is 312 g/mol. The van der Waals surface area contributed by atoms with Crippen LogP contribution in [0.1, 0.15) is 71.1 Å². The van der Waals surface area contributed by atoms with Gasteiger partial charge in [-0.15, -0.1) is 0 Å². The summed E-state index contributed by atoms with van der Waals surface area (Å²) in [5, 5.41) is 15.0. The SMILES string of the molecule is CC(=O)NCCCCCC(=O)NC1(C(=O)O)CCCCCC1.